The molecule has 1 aliphatic rings. The lowest BCUT2D eigenvalue weighted by Crippen LogP contribution is -2.19. The summed E-state index contributed by atoms with van der Waals surface area (Å²) in [4.78, 5) is 44.2. The van der Waals surface area contributed by atoms with Gasteiger partial charge >= 0.3 is 5.97 Å². The number of esters is 1. The molecule has 9 nitrogen and oxygen atoms in total. The van der Waals surface area contributed by atoms with Crippen molar-refractivity contribution >= 4 is 28.2 Å². The van der Waals surface area contributed by atoms with Gasteiger partial charge in [0.05, 0.1) is 21.4 Å². The third kappa shape index (κ3) is 3.79. The summed E-state index contributed by atoms with van der Waals surface area (Å²) in [7, 11) is 0. The van der Waals surface area contributed by atoms with Crippen molar-refractivity contribution in [1.82, 2.24) is 9.97 Å². The van der Waals surface area contributed by atoms with E-state index < -0.39 is 10.9 Å². The van der Waals surface area contributed by atoms with Gasteiger partial charge in [-0.15, -0.1) is 0 Å². The Morgan fingerprint density at radius 2 is 1.97 bits per heavy atom. The summed E-state index contributed by atoms with van der Waals surface area (Å²) in [6, 6.07) is 11.2. The van der Waals surface area contributed by atoms with E-state index in [4.69, 9.17) is 4.74 Å². The van der Waals surface area contributed by atoms with Crippen LogP contribution < -0.4 is 10.5 Å². The van der Waals surface area contributed by atoms with Crippen molar-refractivity contribution in [3.63, 3.8) is 0 Å². The summed E-state index contributed by atoms with van der Waals surface area (Å²) < 4.78 is 5.21. The first-order valence-corrected chi connectivity index (χ1v) is 9.21. The minimum Gasteiger partial charge on any atom is -0.454 e. The van der Waals surface area contributed by atoms with Crippen molar-refractivity contribution in [1.29, 1.82) is 0 Å². The highest BCUT2D eigenvalue weighted by molar-refractivity contribution is 5.91. The SMILES string of the molecule is O=C(OCc1nc2ccccc2c(=O)[nH]1)c1ccc(N2CCCC2)c([N+](=O)[O-])c1. The second kappa shape index (κ2) is 7.70. The molecule has 1 aromatic heterocycles. The molecule has 0 aliphatic carbocycles. The largest absolute Gasteiger partial charge is 0.454 e. The van der Waals surface area contributed by atoms with E-state index in [0.29, 0.717) is 16.6 Å². The van der Waals surface area contributed by atoms with Crippen molar-refractivity contribution in [2.75, 3.05) is 18.0 Å². The Hall–Kier alpha value is -3.75. The number of hydrogen-bond acceptors (Lipinski definition) is 7. The van der Waals surface area contributed by atoms with Gasteiger partial charge in [-0.1, -0.05) is 12.1 Å². The average Bonchev–Trinajstić information content (AvgIpc) is 3.26. The summed E-state index contributed by atoms with van der Waals surface area (Å²) in [6.07, 6.45) is 1.97. The minimum absolute atomic E-state index is 0.0720. The molecule has 3 aromatic rings. The smallest absolute Gasteiger partial charge is 0.338 e. The van der Waals surface area contributed by atoms with E-state index >= 15 is 0 Å². The lowest BCUT2D eigenvalue weighted by atomic mass is 10.1. The van der Waals surface area contributed by atoms with Crippen LogP contribution in [0.2, 0.25) is 0 Å². The number of ether oxygens (including phenoxy) is 1. The maximum absolute atomic E-state index is 12.4. The predicted octanol–water partition coefficient (Wildman–Crippen LogP) is 2.79. The molecule has 9 heteroatoms. The summed E-state index contributed by atoms with van der Waals surface area (Å²) in [5.74, 6) is -0.526. The Kier molecular flexibility index (Phi) is 4.94. The number of carbonyl (C=O) groups is 1. The number of aromatic nitrogens is 2. The third-order valence-electron chi connectivity index (χ3n) is 4.86. The Balaban J connectivity index is 1.53. The van der Waals surface area contributed by atoms with Crippen LogP contribution in [0.5, 0.6) is 0 Å². The van der Waals surface area contributed by atoms with E-state index in [1.807, 2.05) is 4.90 Å². The Morgan fingerprint density at radius 3 is 2.72 bits per heavy atom. The minimum atomic E-state index is -0.725. The fourth-order valence-corrected chi connectivity index (χ4v) is 3.44. The molecule has 2 aromatic carbocycles. The van der Waals surface area contributed by atoms with Crippen LogP contribution in [0.3, 0.4) is 0 Å². The van der Waals surface area contributed by atoms with Crippen LogP contribution in [0.1, 0.15) is 29.0 Å². The van der Waals surface area contributed by atoms with E-state index in [2.05, 4.69) is 9.97 Å². The van der Waals surface area contributed by atoms with Gasteiger partial charge < -0.3 is 14.6 Å². The number of aromatic amines is 1. The van der Waals surface area contributed by atoms with Crippen LogP contribution in [0.4, 0.5) is 11.4 Å². The molecule has 0 unspecified atom stereocenters. The van der Waals surface area contributed by atoms with E-state index in [-0.39, 0.29) is 29.2 Å². The molecule has 148 valence electrons. The number of nitro benzene ring substituents is 1. The number of nitrogens with zero attached hydrogens (tertiary/aromatic N) is 3. The van der Waals surface area contributed by atoms with Crippen molar-refractivity contribution < 1.29 is 14.5 Å². The number of hydrogen-bond donors (Lipinski definition) is 1. The topological polar surface area (TPSA) is 118 Å². The Labute approximate surface area is 165 Å². The van der Waals surface area contributed by atoms with Crippen LogP contribution in [-0.4, -0.2) is 34.0 Å². The van der Waals surface area contributed by atoms with Gasteiger partial charge in [-0.05, 0) is 37.1 Å². The first kappa shape index (κ1) is 18.6. The molecule has 0 saturated carbocycles. The standard InChI is InChI=1S/C20H18N4O5/c25-19-14-5-1-2-6-15(14)21-18(22-19)12-29-20(26)13-7-8-16(17(11-13)24(27)28)23-9-3-4-10-23/h1-2,5-8,11H,3-4,9-10,12H2,(H,21,22,25). The number of nitrogens with one attached hydrogen (secondary N) is 1. The van der Waals surface area contributed by atoms with Gasteiger partial charge in [-0.3, -0.25) is 14.9 Å². The van der Waals surface area contributed by atoms with Crippen molar-refractivity contribution in [2.24, 2.45) is 0 Å². The summed E-state index contributed by atoms with van der Waals surface area (Å²) in [5, 5.41) is 11.9. The van der Waals surface area contributed by atoms with E-state index in [1.165, 1.54) is 12.1 Å². The van der Waals surface area contributed by atoms with Crippen LogP contribution in [-0.2, 0) is 11.3 Å². The molecule has 29 heavy (non-hydrogen) atoms. The monoisotopic (exact) mass is 394 g/mol. The molecule has 0 amide bonds. The van der Waals surface area contributed by atoms with Crippen LogP contribution in [0, 0.1) is 10.1 Å². The highest BCUT2D eigenvalue weighted by Crippen LogP contribution is 2.31. The quantitative estimate of drug-likeness (QED) is 0.401. The molecule has 0 spiro atoms. The molecule has 2 heterocycles. The van der Waals surface area contributed by atoms with Gasteiger partial charge in [-0.25, -0.2) is 9.78 Å². The molecule has 1 fully saturated rings. The number of anilines is 1. The second-order valence-corrected chi connectivity index (χ2v) is 6.76. The maximum atomic E-state index is 12.4. The van der Waals surface area contributed by atoms with Crippen molar-refractivity contribution in [2.45, 2.75) is 19.4 Å². The van der Waals surface area contributed by atoms with Gasteiger partial charge in [0.25, 0.3) is 11.2 Å². The molecule has 1 N–H and O–H groups in total. The Morgan fingerprint density at radius 1 is 1.21 bits per heavy atom. The van der Waals surface area contributed by atoms with Crippen LogP contribution >= 0.6 is 0 Å². The van der Waals surface area contributed by atoms with Gasteiger partial charge in [0.1, 0.15) is 18.1 Å². The summed E-state index contributed by atoms with van der Waals surface area (Å²) in [5.41, 5.74) is 0.617. The number of benzene rings is 2. The lowest BCUT2D eigenvalue weighted by Gasteiger charge is -2.17. The van der Waals surface area contributed by atoms with Gasteiger partial charge in [0.2, 0.25) is 0 Å². The number of nitro groups is 1. The molecule has 1 aliphatic heterocycles. The van der Waals surface area contributed by atoms with E-state index in [9.17, 15) is 19.7 Å². The first-order chi connectivity index (χ1) is 14.0. The van der Waals surface area contributed by atoms with Gasteiger partial charge in [-0.2, -0.15) is 0 Å². The predicted molar refractivity (Wildman–Crippen MR) is 106 cm³/mol. The van der Waals surface area contributed by atoms with Gasteiger partial charge in [0.15, 0.2) is 0 Å². The summed E-state index contributed by atoms with van der Waals surface area (Å²) >= 11 is 0. The highest BCUT2D eigenvalue weighted by atomic mass is 16.6. The van der Waals surface area contributed by atoms with Crippen LogP contribution in [0.15, 0.2) is 47.3 Å². The molecule has 1 saturated heterocycles. The number of rotatable bonds is 5. The number of H-pyrrole nitrogens is 1. The normalized spacial score (nSPS) is 13.6. The fraction of sp³-hybridized carbons (Fsp3) is 0.250. The van der Waals surface area contributed by atoms with Crippen molar-refractivity contribution in [3.05, 3.63) is 74.3 Å². The molecule has 4 rings (SSSR count). The zero-order valence-electron chi connectivity index (χ0n) is 15.5. The van der Waals surface area contributed by atoms with Crippen molar-refractivity contribution in [3.8, 4) is 0 Å². The molecule has 0 bridgehead atoms. The van der Waals surface area contributed by atoms with Gasteiger partial charge in [0, 0.05) is 19.2 Å². The number of carbonyl (C=O) groups excluding carboxylic acids is 1. The lowest BCUT2D eigenvalue weighted by molar-refractivity contribution is -0.384. The zero-order chi connectivity index (χ0) is 20.4. The van der Waals surface area contributed by atoms with E-state index in [1.54, 1.807) is 30.3 Å². The second-order valence-electron chi connectivity index (χ2n) is 6.76. The summed E-state index contributed by atoms with van der Waals surface area (Å²) in [6.45, 7) is 1.26. The molecular formula is C20H18N4O5. The van der Waals surface area contributed by atoms with Crippen LogP contribution in [0.25, 0.3) is 10.9 Å². The average molecular weight is 394 g/mol. The zero-order valence-corrected chi connectivity index (χ0v) is 15.5. The molecule has 0 radical (unpaired) electrons. The molecule has 0 atom stereocenters. The van der Waals surface area contributed by atoms with E-state index in [0.717, 1.165) is 25.9 Å². The highest BCUT2D eigenvalue weighted by Gasteiger charge is 2.24. The number of fused-ring (bicyclic) bond motifs is 1. The molecular weight excluding hydrogens is 376 g/mol. The number of para-hydroxylation sites is 1. The fourth-order valence-electron chi connectivity index (χ4n) is 3.44. The Bertz CT molecular complexity index is 1150. The third-order valence-corrected chi connectivity index (χ3v) is 4.86. The first-order valence-electron chi connectivity index (χ1n) is 9.21. The maximum Gasteiger partial charge on any atom is 0.338 e.